The predicted molar refractivity (Wildman–Crippen MR) is 522 cm³/mol. The fourth-order valence-corrected chi connectivity index (χ4v) is 6.20. The van der Waals surface area contributed by atoms with Gasteiger partial charge in [-0.05, 0) is 135 Å². The number of H-pyrrole nitrogens is 2. The third-order valence-electron chi connectivity index (χ3n) is 10.1. The van der Waals surface area contributed by atoms with E-state index in [0.29, 0.717) is 23.8 Å². The van der Waals surface area contributed by atoms with Gasteiger partial charge in [0, 0.05) is 97.5 Å². The molecule has 115 heavy (non-hydrogen) atoms. The van der Waals surface area contributed by atoms with E-state index in [1.807, 2.05) is 199 Å². The largest absolute Gasteiger partial charge is 2.00 e. The second kappa shape index (κ2) is 117. The summed E-state index contributed by atoms with van der Waals surface area (Å²) in [5.41, 5.74) is 6.17. The van der Waals surface area contributed by atoms with Crippen LogP contribution in [0.1, 0.15) is 311 Å². The van der Waals surface area contributed by atoms with Crippen LogP contribution < -0.4 is 0 Å². The first kappa shape index (κ1) is 137. The van der Waals surface area contributed by atoms with Crippen molar-refractivity contribution >= 4 is 33.1 Å². The average molecular weight is 1780 g/mol. The van der Waals surface area contributed by atoms with Crippen LogP contribution in [0.4, 0.5) is 0 Å². The molecule has 0 aliphatic rings. The predicted octanol–water partition coefficient (Wildman–Crippen LogP) is 32.6. The second-order valence-corrected chi connectivity index (χ2v) is 28.3. The minimum atomic E-state index is 0. The Bertz CT molecular complexity index is 2770. The van der Waals surface area contributed by atoms with Gasteiger partial charge in [-0.3, -0.25) is 30.0 Å². The standard InChI is InChI=1S/2C12H13N.C9H12.C7H15N.C5H5N.2C4H4N2.C4H4S.6C4H10.2C3H4N2.7C2H6.W/c2*1-9(2)11-7-10-5-3-4-6-12(10)13-8-11;1-8(2)9-6-4-3-5-7-9;1-5-8(6-2)7(3)4;1-2-4-6-5-3-1;1-2-6-4-3-5-1;1-2-5-4-6-3-1;1-2-4-5-3-1;6*1-4(2)3;1-2-5-3-4-1;1-2-4-5-3-1;7*1-2;/h2*3-9H,1-2H3;3-8H,1-2H3;7H,1-2,5-6H2,3-4H3;1-5H;2*1-4H;1-4H;6*4H,1-3H3;2*1-3H,(H,4,5);7*1-2H3;/q;;;-2;;;;;;;;;;;;;;;;;;;;+2. The van der Waals surface area contributed by atoms with Crippen molar-refractivity contribution in [3.8, 4) is 0 Å². The maximum Gasteiger partial charge on any atom is 2.00 e. The van der Waals surface area contributed by atoms with Crippen molar-refractivity contribution in [2.75, 3.05) is 13.1 Å². The average Bonchev–Trinajstić information content (AvgIpc) is 1.40. The number of nitrogens with zero attached hydrogens (tertiary/aromatic N) is 10. The number of aromatic amines is 2. The van der Waals surface area contributed by atoms with Gasteiger partial charge in [-0.2, -0.15) is 16.4 Å². The number of imidazole rings is 1. The first-order chi connectivity index (χ1) is 54.5. The summed E-state index contributed by atoms with van der Waals surface area (Å²) in [5.74, 6) is 6.76. The molecule has 656 valence electrons. The van der Waals surface area contributed by atoms with E-state index >= 15 is 0 Å². The molecule has 11 aromatic rings. The van der Waals surface area contributed by atoms with Crippen LogP contribution in [0.15, 0.2) is 244 Å². The van der Waals surface area contributed by atoms with Gasteiger partial charge in [0.15, 0.2) is 0 Å². The molecule has 0 spiro atoms. The Kier molecular flexibility index (Phi) is 139. The molecule has 8 heterocycles. The first-order valence-corrected chi connectivity index (χ1v) is 43.6. The van der Waals surface area contributed by atoms with E-state index in [2.05, 4.69) is 302 Å². The summed E-state index contributed by atoms with van der Waals surface area (Å²) < 4.78 is 0. The summed E-state index contributed by atoms with van der Waals surface area (Å²) >= 11 is 1.71. The van der Waals surface area contributed by atoms with E-state index in [0.717, 1.165) is 59.6 Å². The topological polar surface area (TPSA) is 151 Å². The molecule has 0 saturated heterocycles. The van der Waals surface area contributed by atoms with E-state index in [1.165, 1.54) is 33.8 Å². The zero-order valence-corrected chi connectivity index (χ0v) is 85.2. The molecule has 0 aliphatic carbocycles. The summed E-state index contributed by atoms with van der Waals surface area (Å²) in [6.45, 7) is 93.7. The molecule has 3 aromatic carbocycles. The second-order valence-electron chi connectivity index (χ2n) is 27.5. The summed E-state index contributed by atoms with van der Waals surface area (Å²) in [4.78, 5) is 36.0. The third-order valence-corrected chi connectivity index (χ3v) is 10.7. The first-order valence-electron chi connectivity index (χ1n) is 42.6. The van der Waals surface area contributed by atoms with E-state index < -0.39 is 0 Å². The summed E-state index contributed by atoms with van der Waals surface area (Å²) in [7, 11) is 0. The zero-order chi connectivity index (χ0) is 90.6. The number of hydrogen-bond donors (Lipinski definition) is 2. The maximum atomic E-state index is 4.40. The number of rotatable bonds is 6. The number of hydrogen-bond acceptors (Lipinski definition) is 11. The van der Waals surface area contributed by atoms with Gasteiger partial charge in [-0.15, -0.1) is 13.1 Å². The molecule has 8 aromatic heterocycles. The molecule has 11 rings (SSSR count). The minimum absolute atomic E-state index is 0. The number of nitrogens with one attached hydrogen (secondary N) is 2. The molecular formula is C101H180N12SW. The number of aromatic nitrogens is 11. The Morgan fingerprint density at radius 1 is 0.322 bits per heavy atom. The fourth-order valence-electron chi connectivity index (χ4n) is 5.75. The van der Waals surface area contributed by atoms with Crippen LogP contribution in [0.3, 0.4) is 0 Å². The Morgan fingerprint density at radius 2 is 0.635 bits per heavy atom. The third kappa shape index (κ3) is 133. The monoisotopic (exact) mass is 1780 g/mol. The van der Waals surface area contributed by atoms with E-state index in [9.17, 15) is 0 Å². The molecule has 0 radical (unpaired) electrons. The van der Waals surface area contributed by atoms with Crippen molar-refractivity contribution in [1.29, 1.82) is 0 Å². The summed E-state index contributed by atoms with van der Waals surface area (Å²) in [6, 6.07) is 45.3. The van der Waals surface area contributed by atoms with Gasteiger partial charge in [-0.25, -0.2) is 15.0 Å². The van der Waals surface area contributed by atoms with Crippen molar-refractivity contribution in [1.82, 2.24) is 60.0 Å². The van der Waals surface area contributed by atoms with Crippen LogP contribution >= 0.6 is 11.3 Å². The molecule has 0 amide bonds. The molecule has 0 saturated carbocycles. The Morgan fingerprint density at radius 3 is 0.800 bits per heavy atom. The molecule has 14 heteroatoms. The normalized spacial score (nSPS) is 8.60. The molecule has 0 atom stereocenters. The van der Waals surface area contributed by atoms with Crippen molar-refractivity contribution < 1.29 is 21.1 Å². The van der Waals surface area contributed by atoms with Crippen LogP contribution in [0.25, 0.3) is 21.8 Å². The molecule has 0 fully saturated rings. The van der Waals surface area contributed by atoms with Crippen LogP contribution in [0.5, 0.6) is 0 Å². The van der Waals surface area contributed by atoms with Crippen molar-refractivity contribution in [2.24, 2.45) is 35.5 Å². The van der Waals surface area contributed by atoms with Crippen LogP contribution in [-0.4, -0.2) is 79.1 Å². The van der Waals surface area contributed by atoms with E-state index in [4.69, 9.17) is 0 Å². The van der Waals surface area contributed by atoms with Crippen LogP contribution in [-0.2, 0) is 21.1 Å². The van der Waals surface area contributed by atoms with Crippen molar-refractivity contribution in [3.05, 3.63) is 274 Å². The zero-order valence-electron chi connectivity index (χ0n) is 81.5. The number of fused-ring (bicyclic) bond motifs is 2. The van der Waals surface area contributed by atoms with Gasteiger partial charge >= 0.3 is 21.1 Å². The van der Waals surface area contributed by atoms with Gasteiger partial charge < -0.3 is 23.7 Å². The van der Waals surface area contributed by atoms with Crippen LogP contribution in [0, 0.1) is 49.4 Å². The van der Waals surface area contributed by atoms with Gasteiger partial charge in [0.05, 0.1) is 17.4 Å². The van der Waals surface area contributed by atoms with E-state index in [1.54, 1.807) is 98.1 Å². The van der Waals surface area contributed by atoms with E-state index in [-0.39, 0.29) is 21.1 Å². The maximum absolute atomic E-state index is 4.40. The molecule has 0 unspecified atom stereocenters. The summed E-state index contributed by atoms with van der Waals surface area (Å²) in [6.07, 6.45) is 27.4. The SMILES string of the molecule is CC.CC.CC.CC.CC.CC.CC.CC(C)C.CC(C)C.CC(C)C.CC(C)C.CC(C)C.CC(C)C.CC(C)c1ccccc1.CC(C)c1cnc2ccccc2c1.CC(C)c1cnc2ccccc2c1.[CH2-]CN(C[CH2-])C(C)C.[W+2].c1c[nH]cn1.c1ccncc1.c1ccsc1.c1cn[nH]c1.c1cnccn1.c1cncnc1. The molecular weight excluding hydrogens is 1600 g/mol. The molecule has 2 N–H and O–H groups in total. The van der Waals surface area contributed by atoms with Gasteiger partial charge in [0.1, 0.15) is 6.33 Å². The molecule has 0 bridgehead atoms. The quantitative estimate of drug-likeness (QED) is 0.154. The van der Waals surface area contributed by atoms with Crippen molar-refractivity contribution in [3.63, 3.8) is 0 Å². The summed E-state index contributed by atoms with van der Waals surface area (Å²) in [5, 5.41) is 12.8. The molecule has 12 nitrogen and oxygen atoms in total. The van der Waals surface area contributed by atoms with Gasteiger partial charge in [0.25, 0.3) is 0 Å². The minimum Gasteiger partial charge on any atom is -0.360 e. The number of thiophene rings is 1. The smallest absolute Gasteiger partial charge is 0.360 e. The van der Waals surface area contributed by atoms with Gasteiger partial charge in [-0.1, -0.05) is 362 Å². The Balaban J connectivity index is -0.0000000881. The van der Waals surface area contributed by atoms with Crippen LogP contribution in [0.2, 0.25) is 0 Å². The van der Waals surface area contributed by atoms with Crippen molar-refractivity contribution in [2.45, 2.75) is 301 Å². The number of pyridine rings is 3. The molecule has 0 aliphatic heterocycles. The number of benzene rings is 3. The number of para-hydroxylation sites is 2. The Labute approximate surface area is 732 Å². The fraction of sp³-hybridized carbons (Fsp3) is 0.515. The van der Waals surface area contributed by atoms with Gasteiger partial charge in [0.2, 0.25) is 0 Å². The Hall–Kier alpha value is -7.44.